The standard InChI is InChI=1S/C18H32OSi/c1-14-8-9-15-12-16(10-11-18(15,5)13-14)19-20(6,7)17(2,3)4/h12,16H,1,8-11,13H2,2-7H3/t16-,18+/m0/s1. The van der Waals surface area contributed by atoms with Crippen LogP contribution in [0.2, 0.25) is 18.1 Å². The summed E-state index contributed by atoms with van der Waals surface area (Å²) in [7, 11) is -1.65. The van der Waals surface area contributed by atoms with Crippen LogP contribution < -0.4 is 0 Å². The average molecular weight is 293 g/mol. The molecule has 0 aliphatic heterocycles. The summed E-state index contributed by atoms with van der Waals surface area (Å²) in [6, 6.07) is 0. The van der Waals surface area contributed by atoms with Crippen LogP contribution in [-0.2, 0) is 4.43 Å². The topological polar surface area (TPSA) is 9.23 Å². The van der Waals surface area contributed by atoms with E-state index in [1.54, 1.807) is 5.57 Å². The van der Waals surface area contributed by atoms with Gasteiger partial charge in [0, 0.05) is 0 Å². The van der Waals surface area contributed by atoms with Crippen LogP contribution in [-0.4, -0.2) is 14.4 Å². The Morgan fingerprint density at radius 1 is 1.30 bits per heavy atom. The number of hydrogen-bond acceptors (Lipinski definition) is 1. The van der Waals surface area contributed by atoms with Crippen LogP contribution in [0.5, 0.6) is 0 Å². The first kappa shape index (κ1) is 16.0. The summed E-state index contributed by atoms with van der Waals surface area (Å²) in [6.45, 7) is 18.3. The zero-order valence-corrected chi connectivity index (χ0v) is 15.3. The van der Waals surface area contributed by atoms with E-state index in [1.165, 1.54) is 37.7 Å². The molecule has 2 rings (SSSR count). The highest BCUT2D eigenvalue weighted by Gasteiger charge is 2.42. The van der Waals surface area contributed by atoms with Crippen molar-refractivity contribution in [3.63, 3.8) is 0 Å². The Morgan fingerprint density at radius 2 is 1.95 bits per heavy atom. The third-order valence-corrected chi connectivity index (χ3v) is 10.3. The van der Waals surface area contributed by atoms with Crippen molar-refractivity contribution >= 4 is 8.32 Å². The summed E-state index contributed by atoms with van der Waals surface area (Å²) >= 11 is 0. The molecule has 114 valence electrons. The van der Waals surface area contributed by atoms with Crippen molar-refractivity contribution in [2.75, 3.05) is 0 Å². The van der Waals surface area contributed by atoms with Crippen molar-refractivity contribution in [1.82, 2.24) is 0 Å². The molecule has 0 amide bonds. The number of rotatable bonds is 2. The van der Waals surface area contributed by atoms with Crippen molar-refractivity contribution < 1.29 is 4.43 Å². The Kier molecular flexibility index (Phi) is 4.12. The molecule has 1 saturated carbocycles. The minimum Gasteiger partial charge on any atom is -0.411 e. The van der Waals surface area contributed by atoms with E-state index in [0.717, 1.165) is 0 Å². The summed E-state index contributed by atoms with van der Waals surface area (Å²) in [5, 5.41) is 0.299. The molecule has 20 heavy (non-hydrogen) atoms. The van der Waals surface area contributed by atoms with Crippen molar-refractivity contribution in [3.8, 4) is 0 Å². The molecule has 0 aromatic rings. The molecule has 0 aromatic carbocycles. The van der Waals surface area contributed by atoms with E-state index in [-0.39, 0.29) is 0 Å². The highest BCUT2D eigenvalue weighted by atomic mass is 28.4. The second-order valence-corrected chi connectivity index (χ2v) is 13.4. The van der Waals surface area contributed by atoms with Crippen LogP contribution in [0, 0.1) is 5.41 Å². The predicted molar refractivity (Wildman–Crippen MR) is 90.5 cm³/mol. The van der Waals surface area contributed by atoms with Gasteiger partial charge in [-0.25, -0.2) is 0 Å². The van der Waals surface area contributed by atoms with Gasteiger partial charge in [0.1, 0.15) is 0 Å². The van der Waals surface area contributed by atoms with Crippen LogP contribution in [0.1, 0.15) is 59.8 Å². The van der Waals surface area contributed by atoms with Crippen LogP contribution >= 0.6 is 0 Å². The monoisotopic (exact) mass is 292 g/mol. The van der Waals surface area contributed by atoms with Crippen LogP contribution in [0.3, 0.4) is 0 Å². The first-order valence-corrected chi connectivity index (χ1v) is 11.0. The van der Waals surface area contributed by atoms with Crippen molar-refractivity contribution in [2.24, 2.45) is 5.41 Å². The van der Waals surface area contributed by atoms with E-state index in [1.807, 2.05) is 0 Å². The van der Waals surface area contributed by atoms with Gasteiger partial charge in [-0.05, 0) is 55.7 Å². The number of fused-ring (bicyclic) bond motifs is 1. The molecule has 2 atom stereocenters. The Bertz CT molecular complexity index is 427. The highest BCUT2D eigenvalue weighted by Crippen LogP contribution is 2.49. The molecule has 2 heteroatoms. The smallest absolute Gasteiger partial charge is 0.192 e. The molecule has 2 aliphatic rings. The van der Waals surface area contributed by atoms with Crippen LogP contribution in [0.4, 0.5) is 0 Å². The lowest BCUT2D eigenvalue weighted by Crippen LogP contribution is -2.45. The lowest BCUT2D eigenvalue weighted by Gasteiger charge is -2.45. The van der Waals surface area contributed by atoms with Gasteiger partial charge >= 0.3 is 0 Å². The molecule has 0 spiro atoms. The van der Waals surface area contributed by atoms with Gasteiger partial charge in [-0.15, -0.1) is 0 Å². The lowest BCUT2D eigenvalue weighted by atomic mass is 9.64. The number of allylic oxidation sites excluding steroid dienone is 2. The largest absolute Gasteiger partial charge is 0.411 e. The Hall–Kier alpha value is -0.343. The zero-order valence-electron chi connectivity index (χ0n) is 14.3. The van der Waals surface area contributed by atoms with Crippen LogP contribution in [0.15, 0.2) is 23.8 Å². The fraction of sp³-hybridized carbons (Fsp3) is 0.778. The Labute approximate surface area is 126 Å². The van der Waals surface area contributed by atoms with E-state index >= 15 is 0 Å². The van der Waals surface area contributed by atoms with Gasteiger partial charge in [-0.2, -0.15) is 0 Å². The molecule has 0 aromatic heterocycles. The second-order valence-electron chi connectivity index (χ2n) is 8.63. The predicted octanol–water partition coefficient (Wildman–Crippen LogP) is 5.84. The summed E-state index contributed by atoms with van der Waals surface area (Å²) < 4.78 is 6.60. The molecule has 1 fully saturated rings. The molecule has 2 aliphatic carbocycles. The molecule has 0 heterocycles. The fourth-order valence-corrected chi connectivity index (χ4v) is 4.61. The second kappa shape index (κ2) is 5.13. The van der Waals surface area contributed by atoms with Gasteiger partial charge in [0.05, 0.1) is 6.10 Å². The van der Waals surface area contributed by atoms with Gasteiger partial charge in [0.25, 0.3) is 0 Å². The minimum absolute atomic E-state index is 0.299. The zero-order chi connectivity index (χ0) is 15.2. The van der Waals surface area contributed by atoms with Gasteiger partial charge in [-0.1, -0.05) is 51.5 Å². The quantitative estimate of drug-likeness (QED) is 0.458. The maximum atomic E-state index is 6.60. The molecule has 0 N–H and O–H groups in total. The third kappa shape index (κ3) is 3.12. The molecule has 0 radical (unpaired) electrons. The summed E-state index contributed by atoms with van der Waals surface area (Å²) in [4.78, 5) is 0. The summed E-state index contributed by atoms with van der Waals surface area (Å²) in [6.07, 6.45) is 8.82. The molecular formula is C18H32OSi. The highest BCUT2D eigenvalue weighted by molar-refractivity contribution is 6.74. The molecular weight excluding hydrogens is 260 g/mol. The SMILES string of the molecule is C=C1CCC2=C[C@@H](O[Si](C)(C)C(C)(C)C)CC[C@]2(C)C1. The lowest BCUT2D eigenvalue weighted by molar-refractivity contribution is 0.166. The van der Waals surface area contributed by atoms with Gasteiger partial charge in [-0.3, -0.25) is 0 Å². The van der Waals surface area contributed by atoms with Crippen molar-refractivity contribution in [1.29, 1.82) is 0 Å². The maximum Gasteiger partial charge on any atom is 0.192 e. The first-order chi connectivity index (χ1) is 9.03. The summed E-state index contributed by atoms with van der Waals surface area (Å²) in [5.74, 6) is 0. The van der Waals surface area contributed by atoms with Crippen LogP contribution in [0.25, 0.3) is 0 Å². The summed E-state index contributed by atoms with van der Waals surface area (Å²) in [5.41, 5.74) is 3.45. The van der Waals surface area contributed by atoms with E-state index in [9.17, 15) is 0 Å². The van der Waals surface area contributed by atoms with Gasteiger partial charge in [0.15, 0.2) is 8.32 Å². The fourth-order valence-electron chi connectivity index (χ4n) is 3.32. The van der Waals surface area contributed by atoms with Gasteiger partial charge in [0.2, 0.25) is 0 Å². The number of hydrogen-bond donors (Lipinski definition) is 0. The molecule has 0 saturated heterocycles. The molecule has 0 unspecified atom stereocenters. The van der Waals surface area contributed by atoms with E-state index in [0.29, 0.717) is 16.6 Å². The van der Waals surface area contributed by atoms with E-state index in [2.05, 4.69) is 53.4 Å². The Morgan fingerprint density at radius 3 is 2.55 bits per heavy atom. The first-order valence-electron chi connectivity index (χ1n) is 8.09. The molecule has 1 nitrogen and oxygen atoms in total. The van der Waals surface area contributed by atoms with Crippen molar-refractivity contribution in [3.05, 3.63) is 23.8 Å². The van der Waals surface area contributed by atoms with Crippen molar-refractivity contribution in [2.45, 2.75) is 84.0 Å². The average Bonchev–Trinajstić information content (AvgIpc) is 2.27. The molecule has 0 bridgehead atoms. The van der Waals surface area contributed by atoms with Gasteiger partial charge < -0.3 is 4.43 Å². The normalized spacial score (nSPS) is 31.8. The van der Waals surface area contributed by atoms with E-state index < -0.39 is 8.32 Å². The third-order valence-electron chi connectivity index (χ3n) is 5.78. The maximum absolute atomic E-state index is 6.60. The van der Waals surface area contributed by atoms with E-state index in [4.69, 9.17) is 4.43 Å². The Balaban J connectivity index is 2.13. The minimum atomic E-state index is -1.65.